The molecule has 0 radical (unpaired) electrons. The van der Waals surface area contributed by atoms with E-state index in [0.717, 1.165) is 27.8 Å². The number of nitrogens with zero attached hydrogens (tertiary/aromatic N) is 3. The number of para-hydroxylation sites is 1. The van der Waals surface area contributed by atoms with E-state index in [9.17, 15) is 9.59 Å². The number of amides is 2. The third-order valence-electron chi connectivity index (χ3n) is 3.22. The van der Waals surface area contributed by atoms with E-state index in [2.05, 4.69) is 31.0 Å². The summed E-state index contributed by atoms with van der Waals surface area (Å²) >= 11 is 11.9. The van der Waals surface area contributed by atoms with E-state index in [0.29, 0.717) is 5.01 Å². The maximum atomic E-state index is 11.9. The fraction of sp³-hybridized carbons (Fsp3) is 0.133. The molecule has 0 aliphatic carbocycles. The average Bonchev–Trinajstić information content (AvgIpc) is 3.22. The fourth-order valence-corrected chi connectivity index (χ4v) is 2.94. The normalized spacial score (nSPS) is 11.3. The molecular formula is C15H12Cl2N6O2S. The molecular weight excluding hydrogens is 399 g/mol. The van der Waals surface area contributed by atoms with Crippen LogP contribution < -0.4 is 10.7 Å². The number of alkyl halides is 2. The van der Waals surface area contributed by atoms with Crippen molar-refractivity contribution in [2.45, 2.75) is 11.3 Å². The number of anilines is 1. The van der Waals surface area contributed by atoms with E-state index >= 15 is 0 Å². The number of carbonyl (C=O) groups excluding carboxylic acids is 2. The predicted octanol–water partition coefficient (Wildman–Crippen LogP) is 2.45. The van der Waals surface area contributed by atoms with Crippen LogP contribution in [0.5, 0.6) is 0 Å². The number of benzene rings is 1. The van der Waals surface area contributed by atoms with Crippen LogP contribution in [0.15, 0.2) is 35.6 Å². The quantitative estimate of drug-likeness (QED) is 0.329. The van der Waals surface area contributed by atoms with E-state index in [1.54, 1.807) is 12.4 Å². The van der Waals surface area contributed by atoms with Crippen LogP contribution >= 0.6 is 34.5 Å². The molecule has 0 bridgehead atoms. The van der Waals surface area contributed by atoms with Crippen LogP contribution in [0.25, 0.3) is 10.9 Å². The van der Waals surface area contributed by atoms with Crippen LogP contribution in [0.3, 0.4) is 0 Å². The van der Waals surface area contributed by atoms with Crippen LogP contribution in [0.1, 0.15) is 10.6 Å². The van der Waals surface area contributed by atoms with Crippen LogP contribution in [0.2, 0.25) is 0 Å². The summed E-state index contributed by atoms with van der Waals surface area (Å²) < 4.78 is 0. The van der Waals surface area contributed by atoms with Crippen molar-refractivity contribution in [3.05, 3.63) is 41.0 Å². The van der Waals surface area contributed by atoms with Gasteiger partial charge in [0.2, 0.25) is 11.0 Å². The van der Waals surface area contributed by atoms with E-state index in [-0.39, 0.29) is 17.5 Å². The number of hydrogen-bond acceptors (Lipinski definition) is 6. The standard InChI is InChI=1S/C15H12Cl2N6O2S/c16-13(17)14(25)20-15-23-22-12(26-15)5-11(24)21-19-7-8-6-18-10-4-2-1-3-9(8)10/h1-4,6-7,13,18H,5H2,(H,21,24)(H,20,23,25)/b19-7-. The highest BCUT2D eigenvalue weighted by Gasteiger charge is 2.15. The Morgan fingerprint density at radius 3 is 2.92 bits per heavy atom. The molecule has 1 aromatic carbocycles. The molecule has 0 spiro atoms. The van der Waals surface area contributed by atoms with Crippen molar-refractivity contribution in [1.29, 1.82) is 0 Å². The molecule has 3 N–H and O–H groups in total. The summed E-state index contributed by atoms with van der Waals surface area (Å²) in [6, 6.07) is 7.77. The molecule has 3 aromatic rings. The summed E-state index contributed by atoms with van der Waals surface area (Å²) in [6.45, 7) is 0. The Bertz CT molecular complexity index is 968. The minimum Gasteiger partial charge on any atom is -0.361 e. The van der Waals surface area contributed by atoms with E-state index in [1.807, 2.05) is 24.3 Å². The van der Waals surface area contributed by atoms with Gasteiger partial charge in [-0.25, -0.2) is 5.43 Å². The van der Waals surface area contributed by atoms with Gasteiger partial charge in [-0.05, 0) is 6.07 Å². The number of fused-ring (bicyclic) bond motifs is 1. The number of aromatic nitrogens is 3. The molecule has 0 unspecified atom stereocenters. The highest BCUT2D eigenvalue weighted by molar-refractivity contribution is 7.15. The summed E-state index contributed by atoms with van der Waals surface area (Å²) in [5.74, 6) is -0.966. The van der Waals surface area contributed by atoms with Crippen molar-refractivity contribution in [2.75, 3.05) is 5.32 Å². The first-order valence-corrected chi connectivity index (χ1v) is 9.01. The summed E-state index contributed by atoms with van der Waals surface area (Å²) in [6.07, 6.45) is 3.34. The molecule has 0 saturated carbocycles. The molecule has 134 valence electrons. The number of nitrogens with one attached hydrogen (secondary N) is 3. The molecule has 2 amide bonds. The lowest BCUT2D eigenvalue weighted by Gasteiger charge is -1.99. The Hall–Kier alpha value is -2.49. The molecule has 2 heterocycles. The first kappa shape index (κ1) is 18.3. The zero-order valence-electron chi connectivity index (χ0n) is 13.1. The number of H-pyrrole nitrogens is 1. The number of aromatic amines is 1. The minimum absolute atomic E-state index is 0.0239. The Morgan fingerprint density at radius 2 is 2.12 bits per heavy atom. The second kappa shape index (κ2) is 8.26. The minimum atomic E-state index is -1.20. The van der Waals surface area contributed by atoms with Gasteiger partial charge in [0.1, 0.15) is 5.01 Å². The maximum Gasteiger partial charge on any atom is 0.259 e. The van der Waals surface area contributed by atoms with Crippen LogP contribution in [-0.2, 0) is 16.0 Å². The zero-order chi connectivity index (χ0) is 18.5. The summed E-state index contributed by atoms with van der Waals surface area (Å²) in [4.78, 5) is 25.2. The van der Waals surface area contributed by atoms with Gasteiger partial charge < -0.3 is 4.98 Å². The van der Waals surface area contributed by atoms with Gasteiger partial charge in [-0.15, -0.1) is 10.2 Å². The Balaban J connectivity index is 1.54. The first-order valence-electron chi connectivity index (χ1n) is 7.32. The number of carbonyl (C=O) groups is 2. The molecule has 8 nitrogen and oxygen atoms in total. The molecule has 3 rings (SSSR count). The molecule has 0 atom stereocenters. The third-order valence-corrected chi connectivity index (χ3v) is 4.46. The van der Waals surface area contributed by atoms with Crippen molar-refractivity contribution >= 4 is 68.6 Å². The number of halogens is 2. The second-order valence-corrected chi connectivity index (χ2v) is 7.21. The van der Waals surface area contributed by atoms with Gasteiger partial charge in [-0.3, -0.25) is 14.9 Å². The molecule has 0 aliphatic heterocycles. The van der Waals surface area contributed by atoms with Crippen LogP contribution in [0.4, 0.5) is 5.13 Å². The number of hydrogen-bond donors (Lipinski definition) is 3. The lowest BCUT2D eigenvalue weighted by atomic mass is 10.2. The van der Waals surface area contributed by atoms with E-state index in [1.165, 1.54) is 0 Å². The van der Waals surface area contributed by atoms with Crippen molar-refractivity contribution < 1.29 is 9.59 Å². The molecule has 0 saturated heterocycles. The maximum absolute atomic E-state index is 11.9. The molecule has 11 heteroatoms. The smallest absolute Gasteiger partial charge is 0.259 e. The highest BCUT2D eigenvalue weighted by Crippen LogP contribution is 2.17. The van der Waals surface area contributed by atoms with Crippen LogP contribution in [-0.4, -0.2) is 38.0 Å². The van der Waals surface area contributed by atoms with Crippen molar-refractivity contribution in [2.24, 2.45) is 5.10 Å². The molecule has 0 fully saturated rings. The van der Waals surface area contributed by atoms with Gasteiger partial charge in [0.25, 0.3) is 5.91 Å². The van der Waals surface area contributed by atoms with Crippen molar-refractivity contribution in [3.8, 4) is 0 Å². The lowest BCUT2D eigenvalue weighted by molar-refractivity contribution is -0.120. The molecule has 0 aliphatic rings. The van der Waals surface area contributed by atoms with Gasteiger partial charge in [0.05, 0.1) is 12.6 Å². The Labute approximate surface area is 161 Å². The summed E-state index contributed by atoms with van der Waals surface area (Å²) in [5, 5.41) is 15.5. The monoisotopic (exact) mass is 410 g/mol. The summed E-state index contributed by atoms with van der Waals surface area (Å²) in [7, 11) is 0. The lowest BCUT2D eigenvalue weighted by Crippen LogP contribution is -2.19. The number of hydrazone groups is 1. The SMILES string of the molecule is O=C(Cc1nnc(NC(=O)C(Cl)Cl)s1)N/N=C\c1c[nH]c2ccccc12. The van der Waals surface area contributed by atoms with Gasteiger partial charge in [-0.2, -0.15) is 5.10 Å². The Morgan fingerprint density at radius 1 is 1.31 bits per heavy atom. The molecule has 2 aromatic heterocycles. The summed E-state index contributed by atoms with van der Waals surface area (Å²) in [5.41, 5.74) is 4.27. The third kappa shape index (κ3) is 4.57. The first-order chi connectivity index (χ1) is 12.5. The van der Waals surface area contributed by atoms with Crippen molar-refractivity contribution in [1.82, 2.24) is 20.6 Å². The van der Waals surface area contributed by atoms with E-state index in [4.69, 9.17) is 23.2 Å². The molecule has 26 heavy (non-hydrogen) atoms. The second-order valence-electron chi connectivity index (χ2n) is 5.05. The van der Waals surface area contributed by atoms with Gasteiger partial charge in [-0.1, -0.05) is 52.7 Å². The highest BCUT2D eigenvalue weighted by atomic mass is 35.5. The van der Waals surface area contributed by atoms with E-state index < -0.39 is 10.7 Å². The largest absolute Gasteiger partial charge is 0.361 e. The van der Waals surface area contributed by atoms with Crippen molar-refractivity contribution in [3.63, 3.8) is 0 Å². The number of rotatable bonds is 6. The predicted molar refractivity (Wildman–Crippen MR) is 102 cm³/mol. The van der Waals surface area contributed by atoms with Crippen LogP contribution in [0, 0.1) is 0 Å². The fourth-order valence-electron chi connectivity index (χ4n) is 2.09. The zero-order valence-corrected chi connectivity index (χ0v) is 15.4. The van der Waals surface area contributed by atoms with Gasteiger partial charge in [0, 0.05) is 22.7 Å². The topological polar surface area (TPSA) is 112 Å². The van der Waals surface area contributed by atoms with Gasteiger partial charge >= 0.3 is 0 Å². The average molecular weight is 411 g/mol. The van der Waals surface area contributed by atoms with Gasteiger partial charge in [0.15, 0.2) is 4.84 Å². The Kier molecular flexibility index (Phi) is 5.82.